The number of benzene rings is 1. The number of hydrogen-bond acceptors (Lipinski definition) is 3. The van der Waals surface area contributed by atoms with Crippen molar-refractivity contribution in [2.75, 3.05) is 0 Å². The molecule has 0 fully saturated rings. The summed E-state index contributed by atoms with van der Waals surface area (Å²) in [6.45, 7) is 9.91. The Morgan fingerprint density at radius 3 is 2.62 bits per heavy atom. The average molecular weight is 322 g/mol. The maximum Gasteiger partial charge on any atom is 0.274 e. The fourth-order valence-corrected chi connectivity index (χ4v) is 2.89. The molecule has 124 valence electrons. The smallest absolute Gasteiger partial charge is 0.274 e. The van der Waals surface area contributed by atoms with Gasteiger partial charge in [0.1, 0.15) is 6.33 Å². The minimum Gasteiger partial charge on any atom is -0.342 e. The molecule has 5 heteroatoms. The molecule has 5 nitrogen and oxygen atoms in total. The second-order valence-electron chi connectivity index (χ2n) is 6.77. The number of aryl methyl sites for hydroxylation is 3. The van der Waals surface area contributed by atoms with Crippen LogP contribution in [0.4, 0.5) is 0 Å². The van der Waals surface area contributed by atoms with Gasteiger partial charge in [0.25, 0.3) is 5.91 Å². The first-order valence-electron chi connectivity index (χ1n) is 7.99. The Balaban J connectivity index is 1.95. The molecule has 24 heavy (non-hydrogen) atoms. The maximum atomic E-state index is 12.8. The van der Waals surface area contributed by atoms with E-state index in [0.717, 1.165) is 22.5 Å². The van der Waals surface area contributed by atoms with Gasteiger partial charge in [0.15, 0.2) is 11.3 Å². The summed E-state index contributed by atoms with van der Waals surface area (Å²) >= 11 is 0. The highest BCUT2D eigenvalue weighted by Gasteiger charge is 2.26. The highest BCUT2D eigenvalue weighted by molar-refractivity contribution is 5.98. The third-order valence-electron chi connectivity index (χ3n) is 4.20. The SMILES string of the molecule is Cc1cccc(C(C)(C)NC(=O)c2ncn3c(C)cc(C)nc23)c1. The van der Waals surface area contributed by atoms with Crippen LogP contribution < -0.4 is 5.32 Å². The van der Waals surface area contributed by atoms with Gasteiger partial charge in [-0.15, -0.1) is 0 Å². The molecule has 2 aromatic heterocycles. The predicted molar refractivity (Wildman–Crippen MR) is 94.1 cm³/mol. The zero-order valence-electron chi connectivity index (χ0n) is 14.7. The lowest BCUT2D eigenvalue weighted by atomic mass is 9.93. The number of rotatable bonds is 3. The summed E-state index contributed by atoms with van der Waals surface area (Å²) in [7, 11) is 0. The summed E-state index contributed by atoms with van der Waals surface area (Å²) in [5, 5.41) is 3.08. The average Bonchev–Trinajstić information content (AvgIpc) is 2.91. The summed E-state index contributed by atoms with van der Waals surface area (Å²) in [6.07, 6.45) is 1.64. The number of carbonyl (C=O) groups excluding carboxylic acids is 1. The molecule has 0 aliphatic carbocycles. The number of hydrogen-bond donors (Lipinski definition) is 1. The van der Waals surface area contributed by atoms with Crippen LogP contribution in [0.15, 0.2) is 36.7 Å². The molecule has 0 unspecified atom stereocenters. The van der Waals surface area contributed by atoms with E-state index in [1.165, 1.54) is 0 Å². The van der Waals surface area contributed by atoms with E-state index in [2.05, 4.69) is 21.4 Å². The summed E-state index contributed by atoms with van der Waals surface area (Å²) in [5.41, 5.74) is 4.52. The van der Waals surface area contributed by atoms with Gasteiger partial charge >= 0.3 is 0 Å². The van der Waals surface area contributed by atoms with Crippen molar-refractivity contribution in [3.63, 3.8) is 0 Å². The van der Waals surface area contributed by atoms with Gasteiger partial charge in [0.05, 0.1) is 5.54 Å². The summed E-state index contributed by atoms with van der Waals surface area (Å²) in [5.74, 6) is -0.221. The number of carbonyl (C=O) groups is 1. The number of nitrogens with zero attached hydrogens (tertiary/aromatic N) is 3. The molecule has 0 aliphatic rings. The second-order valence-corrected chi connectivity index (χ2v) is 6.77. The van der Waals surface area contributed by atoms with Crippen LogP contribution in [0.1, 0.15) is 46.9 Å². The van der Waals surface area contributed by atoms with Gasteiger partial charge in [-0.25, -0.2) is 9.97 Å². The molecule has 2 heterocycles. The Bertz CT molecular complexity index is 924. The minimum atomic E-state index is -0.502. The van der Waals surface area contributed by atoms with E-state index >= 15 is 0 Å². The minimum absolute atomic E-state index is 0.221. The maximum absolute atomic E-state index is 12.8. The van der Waals surface area contributed by atoms with Crippen LogP contribution in [-0.2, 0) is 5.54 Å². The van der Waals surface area contributed by atoms with Crippen molar-refractivity contribution in [2.45, 2.75) is 40.2 Å². The van der Waals surface area contributed by atoms with Crippen LogP contribution in [-0.4, -0.2) is 20.3 Å². The molecule has 0 aliphatic heterocycles. The molecule has 3 aromatic rings. The molecule has 1 N–H and O–H groups in total. The van der Waals surface area contributed by atoms with Gasteiger partial charge in [0.2, 0.25) is 0 Å². The van der Waals surface area contributed by atoms with Crippen LogP contribution in [0.25, 0.3) is 5.65 Å². The fourth-order valence-electron chi connectivity index (χ4n) is 2.89. The van der Waals surface area contributed by atoms with Crippen molar-refractivity contribution in [3.05, 3.63) is 64.9 Å². The second kappa shape index (κ2) is 5.74. The molecule has 3 rings (SSSR count). The standard InChI is InChI=1S/C19H22N4O/c1-12-7-6-8-15(9-12)19(4,5)22-18(24)16-17-21-13(2)10-14(3)23(17)11-20-16/h6-11H,1-5H3,(H,22,24). The Kier molecular flexibility index (Phi) is 3.87. The number of imidazole rings is 1. The molecule has 1 amide bonds. The van der Waals surface area contributed by atoms with Gasteiger partial charge in [-0.2, -0.15) is 0 Å². The summed E-state index contributed by atoms with van der Waals surface area (Å²) < 4.78 is 1.83. The van der Waals surface area contributed by atoms with Crippen LogP contribution in [0.2, 0.25) is 0 Å². The van der Waals surface area contributed by atoms with E-state index in [1.54, 1.807) is 6.33 Å². The van der Waals surface area contributed by atoms with Gasteiger partial charge in [-0.05, 0) is 46.2 Å². The van der Waals surface area contributed by atoms with Gasteiger partial charge in [0, 0.05) is 11.4 Å². The normalized spacial score (nSPS) is 11.7. The molecule has 0 bridgehead atoms. The Morgan fingerprint density at radius 2 is 1.92 bits per heavy atom. The zero-order valence-corrected chi connectivity index (χ0v) is 14.7. The molecule has 0 atom stereocenters. The zero-order chi connectivity index (χ0) is 17.5. The molecular formula is C19H22N4O. The van der Waals surface area contributed by atoms with Crippen molar-refractivity contribution in [2.24, 2.45) is 0 Å². The lowest BCUT2D eigenvalue weighted by Gasteiger charge is -2.27. The van der Waals surface area contributed by atoms with E-state index < -0.39 is 5.54 Å². The van der Waals surface area contributed by atoms with Crippen molar-refractivity contribution in [1.82, 2.24) is 19.7 Å². The van der Waals surface area contributed by atoms with E-state index in [-0.39, 0.29) is 5.91 Å². The predicted octanol–water partition coefficient (Wildman–Crippen LogP) is 3.32. The highest BCUT2D eigenvalue weighted by Crippen LogP contribution is 2.22. The first kappa shape index (κ1) is 16.2. The lowest BCUT2D eigenvalue weighted by Crippen LogP contribution is -2.41. The quantitative estimate of drug-likeness (QED) is 0.805. The van der Waals surface area contributed by atoms with Gasteiger partial charge in [-0.1, -0.05) is 29.8 Å². The third kappa shape index (κ3) is 2.89. The van der Waals surface area contributed by atoms with Crippen molar-refractivity contribution in [1.29, 1.82) is 0 Å². The van der Waals surface area contributed by atoms with Crippen molar-refractivity contribution in [3.8, 4) is 0 Å². The molecule has 1 aromatic carbocycles. The van der Waals surface area contributed by atoms with Gasteiger partial charge < -0.3 is 5.32 Å². The third-order valence-corrected chi connectivity index (χ3v) is 4.20. The Hall–Kier alpha value is -2.69. The monoisotopic (exact) mass is 322 g/mol. The van der Waals surface area contributed by atoms with Crippen molar-refractivity contribution >= 4 is 11.6 Å². The summed E-state index contributed by atoms with van der Waals surface area (Å²) in [6, 6.07) is 10.1. The van der Waals surface area contributed by atoms with Crippen LogP contribution in [0, 0.1) is 20.8 Å². The topological polar surface area (TPSA) is 59.3 Å². The van der Waals surface area contributed by atoms with Crippen LogP contribution >= 0.6 is 0 Å². The fraction of sp³-hybridized carbons (Fsp3) is 0.316. The Morgan fingerprint density at radius 1 is 1.17 bits per heavy atom. The molecule has 0 saturated heterocycles. The molecular weight excluding hydrogens is 300 g/mol. The van der Waals surface area contributed by atoms with Crippen molar-refractivity contribution < 1.29 is 4.79 Å². The van der Waals surface area contributed by atoms with E-state index in [0.29, 0.717) is 11.3 Å². The number of fused-ring (bicyclic) bond motifs is 1. The Labute approximate surface area is 141 Å². The largest absolute Gasteiger partial charge is 0.342 e. The number of nitrogens with one attached hydrogen (secondary N) is 1. The van der Waals surface area contributed by atoms with E-state index in [4.69, 9.17) is 0 Å². The molecule has 0 spiro atoms. The lowest BCUT2D eigenvalue weighted by molar-refractivity contribution is 0.0909. The first-order valence-corrected chi connectivity index (χ1v) is 7.99. The first-order chi connectivity index (χ1) is 11.3. The van der Waals surface area contributed by atoms with E-state index in [9.17, 15) is 4.79 Å². The van der Waals surface area contributed by atoms with Gasteiger partial charge in [-0.3, -0.25) is 9.20 Å². The van der Waals surface area contributed by atoms with Crippen LogP contribution in [0.5, 0.6) is 0 Å². The number of aromatic nitrogens is 3. The summed E-state index contributed by atoms with van der Waals surface area (Å²) in [4.78, 5) is 21.5. The van der Waals surface area contributed by atoms with Crippen LogP contribution in [0.3, 0.4) is 0 Å². The highest BCUT2D eigenvalue weighted by atomic mass is 16.2. The molecule has 0 saturated carbocycles. The molecule has 0 radical (unpaired) electrons. The van der Waals surface area contributed by atoms with E-state index in [1.807, 2.05) is 63.3 Å². The number of amides is 1.